The van der Waals surface area contributed by atoms with Crippen molar-refractivity contribution in [3.05, 3.63) is 76.5 Å². The van der Waals surface area contributed by atoms with Gasteiger partial charge in [0.1, 0.15) is 0 Å². The third-order valence-corrected chi connectivity index (χ3v) is 4.79. The molecule has 1 aromatic heterocycles. The molecular weight excluding hydrogens is 336 g/mol. The van der Waals surface area contributed by atoms with Crippen LogP contribution in [-0.4, -0.2) is 33.6 Å². The Hall–Kier alpha value is -2.56. The van der Waals surface area contributed by atoms with Gasteiger partial charge in [-0.25, -0.2) is 4.79 Å². The van der Waals surface area contributed by atoms with E-state index in [0.29, 0.717) is 0 Å². The van der Waals surface area contributed by atoms with Crippen molar-refractivity contribution in [2.75, 3.05) is 13.1 Å². The van der Waals surface area contributed by atoms with E-state index in [4.69, 9.17) is 16.7 Å². The summed E-state index contributed by atoms with van der Waals surface area (Å²) in [6, 6.07) is 15.6. The molecule has 0 bridgehead atoms. The second-order valence-electron chi connectivity index (χ2n) is 6.32. The Morgan fingerprint density at radius 1 is 1.16 bits per heavy atom. The second kappa shape index (κ2) is 6.39. The average molecular weight is 353 g/mol. The molecule has 5 heteroatoms. The lowest BCUT2D eigenvalue weighted by atomic mass is 10.0. The number of para-hydroxylation sites is 1. The van der Waals surface area contributed by atoms with Gasteiger partial charge in [-0.1, -0.05) is 41.9 Å². The van der Waals surface area contributed by atoms with Crippen LogP contribution in [0, 0.1) is 0 Å². The number of nitrogens with zero attached hydrogens (tertiary/aromatic N) is 2. The monoisotopic (exact) mass is 352 g/mol. The summed E-state index contributed by atoms with van der Waals surface area (Å²) in [5, 5.41) is 10.6. The summed E-state index contributed by atoms with van der Waals surface area (Å²) >= 11 is 6.02. The first-order chi connectivity index (χ1) is 12.1. The lowest BCUT2D eigenvalue weighted by Gasteiger charge is -2.34. The molecule has 4 rings (SSSR count). The summed E-state index contributed by atoms with van der Waals surface area (Å²) in [5.41, 5.74) is 3.64. The number of carbonyl (C=O) groups is 1. The molecule has 0 saturated carbocycles. The van der Waals surface area contributed by atoms with Crippen molar-refractivity contribution < 1.29 is 9.90 Å². The fourth-order valence-corrected chi connectivity index (χ4v) is 3.50. The van der Waals surface area contributed by atoms with Crippen LogP contribution in [0.1, 0.15) is 15.9 Å². The van der Waals surface area contributed by atoms with Gasteiger partial charge in [-0.05, 0) is 40.8 Å². The predicted molar refractivity (Wildman–Crippen MR) is 99.9 cm³/mol. The molecule has 126 valence electrons. The first-order valence-electron chi connectivity index (χ1n) is 8.09. The number of hydrogen-bond acceptors (Lipinski definition) is 2. The van der Waals surface area contributed by atoms with Gasteiger partial charge in [0.05, 0.1) is 17.3 Å². The molecule has 0 spiro atoms. The highest BCUT2D eigenvalue weighted by molar-refractivity contribution is 6.33. The van der Waals surface area contributed by atoms with Crippen LogP contribution in [0.2, 0.25) is 5.02 Å². The number of fused-ring (bicyclic) bond motifs is 1. The number of halogens is 1. The van der Waals surface area contributed by atoms with Gasteiger partial charge in [-0.2, -0.15) is 0 Å². The molecule has 0 unspecified atom stereocenters. The molecule has 2 heterocycles. The van der Waals surface area contributed by atoms with Crippen LogP contribution in [-0.2, 0) is 6.67 Å². The van der Waals surface area contributed by atoms with Crippen molar-refractivity contribution in [2.24, 2.45) is 0 Å². The predicted octanol–water partition coefficient (Wildman–Crippen LogP) is 4.35. The minimum atomic E-state index is -1.00. The lowest BCUT2D eigenvalue weighted by molar-refractivity contribution is 0.0697. The molecular formula is C20H17ClN2O2. The summed E-state index contributed by atoms with van der Waals surface area (Å²) in [4.78, 5) is 13.4. The molecule has 1 aliphatic rings. The number of likely N-dealkylation sites (tertiary alicyclic amines) is 1. The summed E-state index contributed by atoms with van der Waals surface area (Å²) < 4.78 is 2.25. The average Bonchev–Trinajstić information content (AvgIpc) is 2.96. The smallest absolute Gasteiger partial charge is 0.337 e. The van der Waals surface area contributed by atoms with Crippen LogP contribution in [0.15, 0.2) is 60.3 Å². The topological polar surface area (TPSA) is 45.5 Å². The van der Waals surface area contributed by atoms with E-state index in [9.17, 15) is 4.79 Å². The summed E-state index contributed by atoms with van der Waals surface area (Å²) in [7, 11) is 0. The maximum atomic E-state index is 11.0. The minimum Gasteiger partial charge on any atom is -0.478 e. The first kappa shape index (κ1) is 15.9. The lowest BCUT2D eigenvalue weighted by Crippen LogP contribution is -2.40. The van der Waals surface area contributed by atoms with E-state index in [-0.39, 0.29) is 10.6 Å². The molecule has 0 amide bonds. The van der Waals surface area contributed by atoms with Crippen molar-refractivity contribution in [1.29, 1.82) is 0 Å². The van der Waals surface area contributed by atoms with E-state index in [0.717, 1.165) is 25.3 Å². The number of hydrogen-bond donors (Lipinski definition) is 1. The molecule has 0 radical (unpaired) electrons. The Balaban J connectivity index is 1.42. The van der Waals surface area contributed by atoms with Gasteiger partial charge in [0.2, 0.25) is 0 Å². The van der Waals surface area contributed by atoms with E-state index in [1.807, 2.05) is 0 Å². The van der Waals surface area contributed by atoms with E-state index >= 15 is 0 Å². The first-order valence-corrected chi connectivity index (χ1v) is 8.46. The molecule has 4 nitrogen and oxygen atoms in total. The van der Waals surface area contributed by atoms with Crippen LogP contribution >= 0.6 is 11.6 Å². The van der Waals surface area contributed by atoms with Crippen LogP contribution in [0.4, 0.5) is 0 Å². The third-order valence-electron chi connectivity index (χ3n) is 4.48. The molecule has 1 N–H and O–H groups in total. The number of benzene rings is 2. The highest BCUT2D eigenvalue weighted by Crippen LogP contribution is 2.24. The van der Waals surface area contributed by atoms with E-state index in [1.54, 1.807) is 18.2 Å². The zero-order valence-corrected chi connectivity index (χ0v) is 14.3. The third kappa shape index (κ3) is 3.18. The molecule has 0 aliphatic carbocycles. The molecule has 1 fully saturated rings. The Morgan fingerprint density at radius 3 is 2.72 bits per heavy atom. The van der Waals surface area contributed by atoms with Gasteiger partial charge < -0.3 is 9.67 Å². The van der Waals surface area contributed by atoms with Crippen LogP contribution < -0.4 is 0 Å². The Kier molecular flexibility index (Phi) is 4.07. The highest BCUT2D eigenvalue weighted by Gasteiger charge is 2.20. The number of aromatic carboxylic acids is 1. The van der Waals surface area contributed by atoms with Gasteiger partial charge in [-0.3, -0.25) is 4.90 Å². The minimum absolute atomic E-state index is 0.138. The summed E-state index contributed by atoms with van der Waals surface area (Å²) in [6.07, 6.45) is 4.21. The molecule has 1 aliphatic heterocycles. The zero-order chi connectivity index (χ0) is 17.4. The largest absolute Gasteiger partial charge is 0.478 e. The van der Waals surface area contributed by atoms with Gasteiger partial charge in [0.25, 0.3) is 0 Å². The molecule has 0 atom stereocenters. The molecule has 3 aromatic rings. The Labute approximate surface area is 150 Å². The van der Waals surface area contributed by atoms with Gasteiger partial charge in [0, 0.05) is 24.8 Å². The molecule has 25 heavy (non-hydrogen) atoms. The van der Waals surface area contributed by atoms with Crippen molar-refractivity contribution >= 4 is 34.5 Å². The summed E-state index contributed by atoms with van der Waals surface area (Å²) in [6.45, 7) is 2.68. The molecule has 2 aromatic carbocycles. The van der Waals surface area contributed by atoms with E-state index in [1.165, 1.54) is 16.5 Å². The number of rotatable bonds is 4. The van der Waals surface area contributed by atoms with Crippen molar-refractivity contribution in [1.82, 2.24) is 9.47 Å². The summed E-state index contributed by atoms with van der Waals surface area (Å²) in [5.74, 6) is -1.00. The fourth-order valence-electron chi connectivity index (χ4n) is 3.23. The van der Waals surface area contributed by atoms with Crippen LogP contribution in [0.3, 0.4) is 0 Å². The quantitative estimate of drug-likeness (QED) is 0.759. The van der Waals surface area contributed by atoms with Gasteiger partial charge >= 0.3 is 5.97 Å². The zero-order valence-electron chi connectivity index (χ0n) is 13.5. The van der Waals surface area contributed by atoms with Gasteiger partial charge in [0.15, 0.2) is 0 Å². The Morgan fingerprint density at radius 2 is 1.96 bits per heavy atom. The fraction of sp³-hybridized carbons (Fsp3) is 0.150. The number of carboxylic acids is 1. The van der Waals surface area contributed by atoms with Crippen LogP contribution in [0.5, 0.6) is 0 Å². The normalized spacial score (nSPS) is 14.5. The van der Waals surface area contributed by atoms with Crippen molar-refractivity contribution in [3.63, 3.8) is 0 Å². The Bertz CT molecular complexity index is 982. The van der Waals surface area contributed by atoms with E-state index < -0.39 is 5.97 Å². The van der Waals surface area contributed by atoms with Crippen molar-refractivity contribution in [2.45, 2.75) is 6.67 Å². The maximum Gasteiger partial charge on any atom is 0.337 e. The highest BCUT2D eigenvalue weighted by atomic mass is 35.5. The second-order valence-corrected chi connectivity index (χ2v) is 6.73. The van der Waals surface area contributed by atoms with Gasteiger partial charge in [-0.15, -0.1) is 0 Å². The van der Waals surface area contributed by atoms with Crippen LogP contribution in [0.25, 0.3) is 17.0 Å². The maximum absolute atomic E-state index is 11.0. The number of carboxylic acid groups (broad SMARTS) is 1. The SMILES string of the molecule is O=C(O)c1ccc(C=C2CN(Cn3ccc4ccccc43)C2)cc1Cl. The molecule has 1 saturated heterocycles. The number of aromatic nitrogens is 1. The van der Waals surface area contributed by atoms with Crippen molar-refractivity contribution in [3.8, 4) is 0 Å². The standard InChI is InChI=1S/C20H17ClN2O2/c21-18-10-14(5-6-17(18)20(24)25)9-15-11-22(12-15)13-23-8-7-16-3-1-2-4-19(16)23/h1-10H,11-13H2,(H,24,25). The van der Waals surface area contributed by atoms with E-state index in [2.05, 4.69) is 52.1 Å².